The predicted molar refractivity (Wildman–Crippen MR) is 393 cm³/mol. The number of fused-ring (bicyclic) bond motifs is 2. The molecule has 2 aliphatic heterocycles. The number of cyclic esters (lactones) is 1. The van der Waals surface area contributed by atoms with E-state index in [-0.39, 0.29) is 67.5 Å². The molecule has 3 amide bonds. The summed E-state index contributed by atoms with van der Waals surface area (Å²) in [6.07, 6.45) is 8.19. The Morgan fingerprint density at radius 1 is 0.775 bits per heavy atom. The van der Waals surface area contributed by atoms with Crippen LogP contribution >= 0.6 is 0 Å². The number of rotatable bonds is 27. The van der Waals surface area contributed by atoms with E-state index in [1.807, 2.05) is 52.0 Å². The molecule has 14 N–H and O–H groups in total. The molecule has 0 aromatic heterocycles. The molecule has 0 aliphatic carbocycles. The SMILES string of the molecule is COC1/C=C/C=C/CC/C=C/C=C/C(=O)NC(C(O)C(=O)O)C(=O)OC(C(C)C(O)C(NC(=O)C(C)C(O)CCC(C)C(O)/C(C)=C/C(C)(C)C(O)C(CC(C)C)NC(=O)/C=C/C(C)(C)C(=O)C(C)C(O)C(C)C)C(C)O)C/C=C(\C)C(O)C(C)/C=C(\C)C(O)C(C)C(O)C[C@@H]2C[C@H](C)C[C@@H]1O2. The third kappa shape index (κ3) is 29.8. The van der Waals surface area contributed by atoms with Gasteiger partial charge in [0.1, 0.15) is 18.0 Å². The second-order valence-corrected chi connectivity index (χ2v) is 31.3. The van der Waals surface area contributed by atoms with Crippen LogP contribution in [0.25, 0.3) is 0 Å². The summed E-state index contributed by atoms with van der Waals surface area (Å²) in [5.74, 6) is -10.6. The van der Waals surface area contributed by atoms with Crippen molar-refractivity contribution in [2.45, 2.75) is 293 Å². The van der Waals surface area contributed by atoms with Gasteiger partial charge in [0.05, 0.1) is 85.1 Å². The highest BCUT2D eigenvalue weighted by Gasteiger charge is 2.43. The van der Waals surface area contributed by atoms with Gasteiger partial charge in [-0.1, -0.05) is 157 Å². The van der Waals surface area contributed by atoms with Gasteiger partial charge < -0.3 is 86.3 Å². The highest BCUT2D eigenvalue weighted by molar-refractivity contribution is 5.94. The molecule has 1 fully saturated rings. The first-order chi connectivity index (χ1) is 47.3. The van der Waals surface area contributed by atoms with Gasteiger partial charge in [-0.3, -0.25) is 19.2 Å². The first-order valence-corrected chi connectivity index (χ1v) is 36.6. The molecule has 0 radical (unpaired) electrons. The van der Waals surface area contributed by atoms with Crippen molar-refractivity contribution in [3.05, 3.63) is 95.7 Å². The van der Waals surface area contributed by atoms with Crippen molar-refractivity contribution in [1.82, 2.24) is 16.0 Å². The van der Waals surface area contributed by atoms with Crippen LogP contribution in [0.15, 0.2) is 95.7 Å². The van der Waals surface area contributed by atoms with Crippen molar-refractivity contribution in [3.63, 3.8) is 0 Å². The van der Waals surface area contributed by atoms with Gasteiger partial charge in [0.15, 0.2) is 12.1 Å². The van der Waals surface area contributed by atoms with Gasteiger partial charge in [-0.25, -0.2) is 9.59 Å². The number of esters is 1. The highest BCUT2D eigenvalue weighted by atomic mass is 16.6. The topological polar surface area (TPSA) is 389 Å². The number of carboxylic acids is 1. The van der Waals surface area contributed by atoms with Crippen LogP contribution in [0.2, 0.25) is 0 Å². The number of allylic oxidation sites excluding steroid dienone is 7. The van der Waals surface area contributed by atoms with Gasteiger partial charge in [0.2, 0.25) is 17.7 Å². The van der Waals surface area contributed by atoms with Gasteiger partial charge in [0.25, 0.3) is 0 Å². The molecule has 1 saturated heterocycles. The lowest BCUT2D eigenvalue weighted by molar-refractivity contribution is -0.167. The van der Waals surface area contributed by atoms with Crippen LogP contribution in [0.3, 0.4) is 0 Å². The Morgan fingerprint density at radius 3 is 1.95 bits per heavy atom. The number of carboxylic acid groups (broad SMARTS) is 1. The molecule has 2 bridgehead atoms. The summed E-state index contributed by atoms with van der Waals surface area (Å²) in [7, 11) is 1.61. The van der Waals surface area contributed by atoms with Crippen molar-refractivity contribution in [2.24, 2.45) is 64.1 Å². The molecule has 102 heavy (non-hydrogen) atoms. The number of nitrogens with one attached hydrogen (secondary N) is 3. The Labute approximate surface area is 607 Å². The van der Waals surface area contributed by atoms with Crippen LogP contribution < -0.4 is 16.0 Å². The van der Waals surface area contributed by atoms with E-state index in [1.165, 1.54) is 45.1 Å². The standard InChI is InChI=1S/C79H131N3O20/c1-43(2)37-57(80-64(87)35-36-78(16,17)73(94)54(14)67(88)44(3)4)74(95)79(18,19)42-50(10)69(90)46(6)31-33-58(84)52(12)75(96)82-65(55(15)83)71(92)53(13)60-34-32-47(7)68(89)48(8)40-49(9)70(91)51(11)59(85)41-56-38-45(5)39-62(101-56)61(100-20)29-27-25-23-21-22-24-26-28-30-63(86)81-66(77(99)102-60)72(93)76(97)98/h23-30,32,35-36,40,42-46,48,51-62,65-72,74,83-85,88-93,95H,21-22,31,33-34,37-39,41H2,1-20H3,(H,80,87)(H,81,86)(H,82,96)(H,97,98)/b25-23+,26-24+,29-27+,30-28+,36-35+,47-32+,49-40+,50-42+/t45-,46?,48?,51?,52?,53?,54?,55?,56-,57?,58?,59?,60?,61?,62-,65?,66?,67?,68?,69?,70?,71?,72?,74?/m0/s1. The van der Waals surface area contributed by atoms with E-state index in [9.17, 15) is 84.9 Å². The van der Waals surface area contributed by atoms with Crippen molar-refractivity contribution in [1.29, 1.82) is 0 Å². The summed E-state index contributed by atoms with van der Waals surface area (Å²) in [4.78, 5) is 80.6. The van der Waals surface area contributed by atoms with Crippen LogP contribution in [0.4, 0.5) is 0 Å². The van der Waals surface area contributed by atoms with Crippen LogP contribution in [-0.2, 0) is 43.0 Å². The molecular formula is C79H131N3O20. The number of methoxy groups -OCH3 is 1. The van der Waals surface area contributed by atoms with E-state index in [0.29, 0.717) is 42.4 Å². The number of carbonyl (C=O) groups excluding carboxylic acids is 5. The fraction of sp³-hybridized carbons (Fsp3) is 0.722. The number of ether oxygens (including phenoxy) is 3. The van der Waals surface area contributed by atoms with Gasteiger partial charge in [-0.15, -0.1) is 0 Å². The molecule has 582 valence electrons. The Hall–Kier alpha value is -5.54. The lowest BCUT2D eigenvalue weighted by Gasteiger charge is -2.38. The smallest absolute Gasteiger partial charge is 0.335 e. The van der Waals surface area contributed by atoms with Gasteiger partial charge in [0, 0.05) is 54.1 Å². The monoisotopic (exact) mass is 1440 g/mol. The van der Waals surface area contributed by atoms with Crippen molar-refractivity contribution >= 4 is 35.4 Å². The fourth-order valence-corrected chi connectivity index (χ4v) is 13.4. The summed E-state index contributed by atoms with van der Waals surface area (Å²) < 4.78 is 18.2. The van der Waals surface area contributed by atoms with Gasteiger partial charge >= 0.3 is 11.9 Å². The zero-order chi connectivity index (χ0) is 78.0. The van der Waals surface area contributed by atoms with Crippen LogP contribution in [0.1, 0.15) is 189 Å². The first-order valence-electron chi connectivity index (χ1n) is 36.6. The second-order valence-electron chi connectivity index (χ2n) is 31.3. The number of carbonyl (C=O) groups is 6. The van der Waals surface area contributed by atoms with E-state index < -0.39 is 161 Å². The van der Waals surface area contributed by atoms with Crippen molar-refractivity contribution in [2.75, 3.05) is 7.11 Å². The fourth-order valence-electron chi connectivity index (χ4n) is 13.4. The Morgan fingerprint density at radius 2 is 1.38 bits per heavy atom. The van der Waals surface area contributed by atoms with Crippen molar-refractivity contribution < 1.29 is 99.1 Å². The molecular weight excluding hydrogens is 1310 g/mol. The molecule has 23 nitrogen and oxygen atoms in total. The summed E-state index contributed by atoms with van der Waals surface area (Å²) in [5, 5.41) is 132. The number of ketones is 1. The Bertz CT molecular complexity index is 2890. The zero-order valence-electron chi connectivity index (χ0n) is 64.5. The van der Waals surface area contributed by atoms with E-state index in [0.717, 1.165) is 12.5 Å². The van der Waals surface area contributed by atoms with Crippen molar-refractivity contribution in [3.8, 4) is 0 Å². The Kier molecular flexibility index (Phi) is 39.7. The normalized spacial score (nSPS) is 30.4. The number of Topliss-reactive ketones (excluding diaryl/α,β-unsaturated/α-hetero) is 1. The lowest BCUT2D eigenvalue weighted by atomic mass is 9.77. The maximum absolute atomic E-state index is 14.2. The van der Waals surface area contributed by atoms with Crippen LogP contribution in [0.5, 0.6) is 0 Å². The highest BCUT2D eigenvalue weighted by Crippen LogP contribution is 2.35. The number of hydrogen-bond acceptors (Lipinski definition) is 19. The molecule has 0 saturated carbocycles. The molecule has 2 heterocycles. The molecule has 2 rings (SSSR count). The number of hydrogen-bond donors (Lipinski definition) is 14. The number of aliphatic hydroxyl groups is 10. The molecule has 21 unspecified atom stereocenters. The lowest BCUT2D eigenvalue weighted by Crippen LogP contribution is -2.57. The zero-order valence-corrected chi connectivity index (χ0v) is 64.5. The van der Waals surface area contributed by atoms with E-state index in [1.54, 1.807) is 108 Å². The number of aliphatic carboxylic acids is 1. The maximum atomic E-state index is 14.2. The third-order valence-corrected chi connectivity index (χ3v) is 20.4. The summed E-state index contributed by atoms with van der Waals surface area (Å²) in [5.41, 5.74) is -0.795. The number of aliphatic hydroxyl groups excluding tert-OH is 10. The van der Waals surface area contributed by atoms with E-state index >= 15 is 0 Å². The molecule has 23 heteroatoms. The third-order valence-electron chi connectivity index (χ3n) is 20.4. The van der Waals surface area contributed by atoms with Crippen LogP contribution in [0, 0.1) is 64.1 Å². The predicted octanol–water partition coefficient (Wildman–Crippen LogP) is 7.38. The van der Waals surface area contributed by atoms with E-state index in [4.69, 9.17) is 14.2 Å². The van der Waals surface area contributed by atoms with Gasteiger partial charge in [-0.2, -0.15) is 0 Å². The molecule has 24 atom stereocenters. The quantitative estimate of drug-likeness (QED) is 0.0217. The minimum atomic E-state index is -2.53. The maximum Gasteiger partial charge on any atom is 0.335 e. The molecule has 0 spiro atoms. The minimum Gasteiger partial charge on any atom is -0.479 e. The largest absolute Gasteiger partial charge is 0.479 e. The molecule has 0 aromatic carbocycles. The summed E-state index contributed by atoms with van der Waals surface area (Å²) >= 11 is 0. The summed E-state index contributed by atoms with van der Waals surface area (Å²) in [6.45, 7) is 32.5. The number of amides is 3. The summed E-state index contributed by atoms with van der Waals surface area (Å²) in [6, 6.07) is -4.46. The average molecular weight is 1440 g/mol. The minimum absolute atomic E-state index is 0.00108. The van der Waals surface area contributed by atoms with Gasteiger partial charge in [-0.05, 0) is 139 Å². The Balaban J connectivity index is 2.47. The first kappa shape index (κ1) is 92.5. The molecule has 0 aromatic rings. The molecule has 2 aliphatic rings. The second kappa shape index (κ2) is 43.8. The van der Waals surface area contributed by atoms with Crippen LogP contribution in [-0.4, -0.2) is 202 Å². The average Bonchev–Trinajstić information content (AvgIpc) is 0.843. The van der Waals surface area contributed by atoms with E-state index in [2.05, 4.69) is 22.9 Å².